The molecule has 0 spiro atoms. The summed E-state index contributed by atoms with van der Waals surface area (Å²) in [6.07, 6.45) is 0.870. The lowest BCUT2D eigenvalue weighted by Gasteiger charge is -2.31. The zero-order valence-corrected chi connectivity index (χ0v) is 7.09. The van der Waals surface area contributed by atoms with Crippen molar-refractivity contribution in [1.82, 2.24) is 0 Å². The van der Waals surface area contributed by atoms with E-state index in [9.17, 15) is 9.90 Å². The van der Waals surface area contributed by atoms with Crippen LogP contribution in [0.15, 0.2) is 0 Å². The number of nitrogens with zero attached hydrogens (tertiary/aromatic N) is 1. The zero-order valence-electron chi connectivity index (χ0n) is 7.09. The number of nitriles is 1. The van der Waals surface area contributed by atoms with Crippen molar-refractivity contribution in [3.05, 3.63) is 0 Å². The van der Waals surface area contributed by atoms with Gasteiger partial charge >= 0.3 is 0 Å². The number of aliphatic hydroxyl groups is 1. The summed E-state index contributed by atoms with van der Waals surface area (Å²) in [6, 6.07) is 1.94. The highest BCUT2D eigenvalue weighted by Crippen LogP contribution is 2.32. The number of carbonyl (C=O) groups excluding carboxylic acids is 1. The van der Waals surface area contributed by atoms with Gasteiger partial charge in [-0.25, -0.2) is 0 Å². The molecule has 0 fully saturated rings. The quantitative estimate of drug-likeness (QED) is 0.615. The fourth-order valence-corrected chi connectivity index (χ4v) is 0.680. The van der Waals surface area contributed by atoms with E-state index in [1.54, 1.807) is 13.8 Å². The Morgan fingerprint density at radius 2 is 2.09 bits per heavy atom. The average molecular weight is 155 g/mol. The molecule has 0 heterocycles. The molecule has 0 aliphatic rings. The van der Waals surface area contributed by atoms with Crippen molar-refractivity contribution >= 4 is 6.29 Å². The van der Waals surface area contributed by atoms with Crippen molar-refractivity contribution in [2.75, 3.05) is 0 Å². The molecule has 0 saturated carbocycles. The Balaban J connectivity index is 4.79. The monoisotopic (exact) mass is 155 g/mol. The topological polar surface area (TPSA) is 61.1 Å². The Morgan fingerprint density at radius 1 is 1.64 bits per heavy atom. The Labute approximate surface area is 66.6 Å². The Kier molecular flexibility index (Phi) is 2.77. The third-order valence-corrected chi connectivity index (χ3v) is 2.30. The number of rotatable bonds is 3. The molecule has 0 bridgehead atoms. The maximum Gasteiger partial charge on any atom is 0.152 e. The molecule has 0 radical (unpaired) electrons. The second kappa shape index (κ2) is 3.02. The molecule has 0 aliphatic carbocycles. The first-order chi connectivity index (χ1) is 4.93. The lowest BCUT2D eigenvalue weighted by molar-refractivity contribution is -0.131. The molecule has 1 N–H and O–H groups in total. The Hall–Kier alpha value is -0.880. The predicted molar refractivity (Wildman–Crippen MR) is 40.7 cm³/mol. The summed E-state index contributed by atoms with van der Waals surface area (Å²) in [5.74, 6) is 0. The second-order valence-corrected chi connectivity index (χ2v) is 3.06. The van der Waals surface area contributed by atoms with Gasteiger partial charge in [0.05, 0.1) is 11.5 Å². The van der Waals surface area contributed by atoms with E-state index in [4.69, 9.17) is 5.26 Å². The molecule has 0 saturated heterocycles. The molecule has 3 nitrogen and oxygen atoms in total. The van der Waals surface area contributed by atoms with E-state index in [1.165, 1.54) is 6.92 Å². The van der Waals surface area contributed by atoms with E-state index in [0.29, 0.717) is 12.7 Å². The fraction of sp³-hybridized carbons (Fsp3) is 0.750. The molecule has 0 rings (SSSR count). The molecule has 0 amide bonds. The third-order valence-electron chi connectivity index (χ3n) is 2.30. The molecule has 2 atom stereocenters. The highest BCUT2D eigenvalue weighted by Gasteiger charge is 2.42. The van der Waals surface area contributed by atoms with E-state index in [2.05, 4.69) is 0 Å². The summed E-state index contributed by atoms with van der Waals surface area (Å²) < 4.78 is 0. The van der Waals surface area contributed by atoms with Crippen LogP contribution in [-0.2, 0) is 4.79 Å². The zero-order chi connectivity index (χ0) is 9.12. The van der Waals surface area contributed by atoms with Crippen molar-refractivity contribution in [3.8, 4) is 6.07 Å². The minimum atomic E-state index is -1.55. The van der Waals surface area contributed by atoms with Crippen LogP contribution in [0, 0.1) is 16.7 Å². The summed E-state index contributed by atoms with van der Waals surface area (Å²) in [5, 5.41) is 18.1. The first-order valence-corrected chi connectivity index (χ1v) is 3.53. The molecule has 0 aromatic rings. The normalized spacial score (nSPS) is 21.0. The predicted octanol–water partition coefficient (Wildman–Crippen LogP) is 0.876. The number of hydrogen-bond donors (Lipinski definition) is 1. The van der Waals surface area contributed by atoms with Crippen LogP contribution >= 0.6 is 0 Å². The molecule has 3 heteroatoms. The van der Waals surface area contributed by atoms with Crippen LogP contribution in [-0.4, -0.2) is 17.0 Å². The molecular weight excluding hydrogens is 142 g/mol. The molecule has 0 aromatic heterocycles. The Morgan fingerprint density at radius 3 is 2.18 bits per heavy atom. The highest BCUT2D eigenvalue weighted by molar-refractivity contribution is 5.64. The largest absolute Gasteiger partial charge is 0.381 e. The standard InChI is InChI=1S/C8H13NO2/c1-4-7(2,5-9)8(3,11)6-10/h6,11H,4H2,1-3H3. The minimum absolute atomic E-state index is 0.416. The minimum Gasteiger partial charge on any atom is -0.381 e. The summed E-state index contributed by atoms with van der Waals surface area (Å²) in [5.41, 5.74) is -2.52. The van der Waals surface area contributed by atoms with Crippen molar-refractivity contribution < 1.29 is 9.90 Å². The molecule has 0 aliphatic heterocycles. The van der Waals surface area contributed by atoms with E-state index in [1.807, 2.05) is 6.07 Å². The van der Waals surface area contributed by atoms with Crippen LogP contribution in [0.4, 0.5) is 0 Å². The Bertz CT molecular complexity index is 193. The van der Waals surface area contributed by atoms with Crippen molar-refractivity contribution in [3.63, 3.8) is 0 Å². The van der Waals surface area contributed by atoms with Gasteiger partial charge in [-0.15, -0.1) is 0 Å². The van der Waals surface area contributed by atoms with Crippen LogP contribution in [0.25, 0.3) is 0 Å². The number of aldehydes is 1. The maximum absolute atomic E-state index is 10.4. The molecule has 62 valence electrons. The maximum atomic E-state index is 10.4. The number of carbonyl (C=O) groups is 1. The van der Waals surface area contributed by atoms with Crippen LogP contribution in [0.3, 0.4) is 0 Å². The van der Waals surface area contributed by atoms with E-state index in [0.717, 1.165) is 0 Å². The lowest BCUT2D eigenvalue weighted by Crippen LogP contribution is -2.44. The van der Waals surface area contributed by atoms with Gasteiger partial charge in [0.15, 0.2) is 6.29 Å². The summed E-state index contributed by atoms with van der Waals surface area (Å²) in [6.45, 7) is 4.69. The highest BCUT2D eigenvalue weighted by atomic mass is 16.3. The van der Waals surface area contributed by atoms with Gasteiger partial charge in [-0.2, -0.15) is 5.26 Å². The van der Waals surface area contributed by atoms with Crippen LogP contribution in [0.5, 0.6) is 0 Å². The molecule has 0 aromatic carbocycles. The average Bonchev–Trinajstić information content (AvgIpc) is 2.02. The van der Waals surface area contributed by atoms with Gasteiger partial charge in [0.1, 0.15) is 5.60 Å². The third kappa shape index (κ3) is 1.58. The molecule has 2 unspecified atom stereocenters. The molecule has 11 heavy (non-hydrogen) atoms. The van der Waals surface area contributed by atoms with E-state index < -0.39 is 11.0 Å². The van der Waals surface area contributed by atoms with E-state index in [-0.39, 0.29) is 0 Å². The summed E-state index contributed by atoms with van der Waals surface area (Å²) >= 11 is 0. The van der Waals surface area contributed by atoms with Crippen LogP contribution in [0.1, 0.15) is 27.2 Å². The van der Waals surface area contributed by atoms with Gasteiger partial charge in [0, 0.05) is 0 Å². The van der Waals surface area contributed by atoms with E-state index >= 15 is 0 Å². The SMILES string of the molecule is CCC(C)(C#N)C(C)(O)C=O. The lowest BCUT2D eigenvalue weighted by atomic mass is 9.74. The fourth-order valence-electron chi connectivity index (χ4n) is 0.680. The van der Waals surface area contributed by atoms with Gasteiger partial charge in [0.25, 0.3) is 0 Å². The van der Waals surface area contributed by atoms with Crippen molar-refractivity contribution in [2.45, 2.75) is 32.8 Å². The summed E-state index contributed by atoms with van der Waals surface area (Å²) in [7, 11) is 0. The van der Waals surface area contributed by atoms with Gasteiger partial charge in [-0.1, -0.05) is 6.92 Å². The first-order valence-electron chi connectivity index (χ1n) is 3.53. The second-order valence-electron chi connectivity index (χ2n) is 3.06. The van der Waals surface area contributed by atoms with Gasteiger partial charge in [-0.3, -0.25) is 0 Å². The van der Waals surface area contributed by atoms with Crippen LogP contribution < -0.4 is 0 Å². The number of hydrogen-bond acceptors (Lipinski definition) is 3. The summed E-state index contributed by atoms with van der Waals surface area (Å²) in [4.78, 5) is 10.4. The van der Waals surface area contributed by atoms with Crippen molar-refractivity contribution in [1.29, 1.82) is 5.26 Å². The van der Waals surface area contributed by atoms with Gasteiger partial charge in [-0.05, 0) is 20.3 Å². The van der Waals surface area contributed by atoms with Gasteiger partial charge in [0.2, 0.25) is 0 Å². The smallest absolute Gasteiger partial charge is 0.152 e. The first kappa shape index (κ1) is 10.1. The van der Waals surface area contributed by atoms with Gasteiger partial charge < -0.3 is 9.90 Å². The van der Waals surface area contributed by atoms with Crippen molar-refractivity contribution in [2.24, 2.45) is 5.41 Å². The van der Waals surface area contributed by atoms with Crippen LogP contribution in [0.2, 0.25) is 0 Å². The molecular formula is C8H13NO2.